The lowest BCUT2D eigenvalue weighted by molar-refractivity contribution is -0.143. The van der Waals surface area contributed by atoms with Gasteiger partial charge in [0.2, 0.25) is 0 Å². The van der Waals surface area contributed by atoms with E-state index in [9.17, 15) is 23.1 Å². The SMILES string of the molecule is O=C(NCC1CNCC1O)c1cnn(-c2ccccc2)c1C(F)(F)F. The van der Waals surface area contributed by atoms with Crippen LogP contribution in [-0.2, 0) is 6.18 Å². The number of hydrogen-bond acceptors (Lipinski definition) is 4. The lowest BCUT2D eigenvalue weighted by atomic mass is 10.1. The topological polar surface area (TPSA) is 79.2 Å². The van der Waals surface area contributed by atoms with Crippen molar-refractivity contribution in [2.75, 3.05) is 19.6 Å². The molecule has 1 aliphatic rings. The molecule has 0 radical (unpaired) electrons. The Labute approximate surface area is 141 Å². The molecule has 2 unspecified atom stereocenters. The average Bonchev–Trinajstić information content (AvgIpc) is 3.19. The summed E-state index contributed by atoms with van der Waals surface area (Å²) in [5.74, 6) is -1.10. The minimum atomic E-state index is -4.74. The highest BCUT2D eigenvalue weighted by molar-refractivity contribution is 5.95. The highest BCUT2D eigenvalue weighted by atomic mass is 19.4. The van der Waals surface area contributed by atoms with Gasteiger partial charge < -0.3 is 15.7 Å². The molecule has 1 aliphatic heterocycles. The van der Waals surface area contributed by atoms with E-state index in [1.807, 2.05) is 0 Å². The first-order chi connectivity index (χ1) is 11.9. The van der Waals surface area contributed by atoms with Crippen LogP contribution >= 0.6 is 0 Å². The third-order valence-electron chi connectivity index (χ3n) is 4.11. The number of para-hydroxylation sites is 1. The molecule has 6 nitrogen and oxygen atoms in total. The zero-order valence-corrected chi connectivity index (χ0v) is 13.1. The molecular weight excluding hydrogens is 337 g/mol. The molecule has 2 atom stereocenters. The molecule has 2 aromatic rings. The van der Waals surface area contributed by atoms with Gasteiger partial charge in [0.15, 0.2) is 5.69 Å². The van der Waals surface area contributed by atoms with E-state index in [0.717, 1.165) is 6.20 Å². The van der Waals surface area contributed by atoms with Crippen LogP contribution in [0.1, 0.15) is 16.1 Å². The van der Waals surface area contributed by atoms with Gasteiger partial charge in [-0.1, -0.05) is 18.2 Å². The fourth-order valence-electron chi connectivity index (χ4n) is 2.80. The fourth-order valence-corrected chi connectivity index (χ4v) is 2.80. The van der Waals surface area contributed by atoms with Crippen molar-refractivity contribution in [1.29, 1.82) is 0 Å². The number of aromatic nitrogens is 2. The predicted molar refractivity (Wildman–Crippen MR) is 83.3 cm³/mol. The van der Waals surface area contributed by atoms with Crippen LogP contribution in [0, 0.1) is 5.92 Å². The number of aliphatic hydroxyl groups excluding tert-OH is 1. The number of nitrogens with one attached hydrogen (secondary N) is 2. The Morgan fingerprint density at radius 1 is 1.32 bits per heavy atom. The molecular formula is C16H17F3N4O2. The molecule has 9 heteroatoms. The minimum Gasteiger partial charge on any atom is -0.391 e. The molecule has 1 saturated heterocycles. The maximum Gasteiger partial charge on any atom is 0.434 e. The van der Waals surface area contributed by atoms with Gasteiger partial charge in [-0.15, -0.1) is 0 Å². The van der Waals surface area contributed by atoms with Gasteiger partial charge in [0.25, 0.3) is 5.91 Å². The summed E-state index contributed by atoms with van der Waals surface area (Å²) in [6.07, 6.45) is -4.46. The quantitative estimate of drug-likeness (QED) is 0.771. The fraction of sp³-hybridized carbons (Fsp3) is 0.375. The van der Waals surface area contributed by atoms with Crippen molar-refractivity contribution in [2.45, 2.75) is 12.3 Å². The first-order valence-electron chi connectivity index (χ1n) is 7.75. The van der Waals surface area contributed by atoms with Crippen LogP contribution in [0.4, 0.5) is 13.2 Å². The van der Waals surface area contributed by atoms with E-state index in [1.165, 1.54) is 12.1 Å². The molecule has 1 fully saturated rings. The zero-order valence-electron chi connectivity index (χ0n) is 13.1. The Morgan fingerprint density at radius 3 is 2.64 bits per heavy atom. The number of alkyl halides is 3. The molecule has 1 amide bonds. The molecule has 0 bridgehead atoms. The van der Waals surface area contributed by atoms with Crippen molar-refractivity contribution in [2.24, 2.45) is 5.92 Å². The van der Waals surface area contributed by atoms with Gasteiger partial charge >= 0.3 is 6.18 Å². The van der Waals surface area contributed by atoms with Crippen LogP contribution in [-0.4, -0.2) is 46.5 Å². The summed E-state index contributed by atoms with van der Waals surface area (Å²) < 4.78 is 41.2. The Morgan fingerprint density at radius 2 is 2.04 bits per heavy atom. The van der Waals surface area contributed by atoms with Gasteiger partial charge in [0.05, 0.1) is 23.6 Å². The first kappa shape index (κ1) is 17.4. The van der Waals surface area contributed by atoms with Crippen molar-refractivity contribution in [3.05, 3.63) is 47.8 Å². The highest BCUT2D eigenvalue weighted by Gasteiger charge is 2.40. The van der Waals surface area contributed by atoms with Gasteiger partial charge in [0.1, 0.15) is 0 Å². The predicted octanol–water partition coefficient (Wildman–Crippen LogP) is 1.20. The van der Waals surface area contributed by atoms with Crippen LogP contribution in [0.25, 0.3) is 5.69 Å². The van der Waals surface area contributed by atoms with Crippen molar-refractivity contribution in [1.82, 2.24) is 20.4 Å². The lowest BCUT2D eigenvalue weighted by Gasteiger charge is -2.15. The summed E-state index contributed by atoms with van der Waals surface area (Å²) in [7, 11) is 0. The average molecular weight is 354 g/mol. The molecule has 1 aromatic heterocycles. The summed E-state index contributed by atoms with van der Waals surface area (Å²) in [4.78, 5) is 12.3. The second-order valence-electron chi connectivity index (χ2n) is 5.85. The van der Waals surface area contributed by atoms with Gasteiger partial charge in [0, 0.05) is 25.6 Å². The van der Waals surface area contributed by atoms with Crippen LogP contribution in [0.15, 0.2) is 36.5 Å². The Bertz CT molecular complexity index is 746. The summed E-state index contributed by atoms with van der Waals surface area (Å²) in [6.45, 7) is 0.984. The molecule has 0 spiro atoms. The number of aliphatic hydroxyl groups is 1. The summed E-state index contributed by atoms with van der Waals surface area (Å²) in [5.41, 5.74) is -1.46. The van der Waals surface area contributed by atoms with Crippen LogP contribution in [0.2, 0.25) is 0 Å². The standard InChI is InChI=1S/C16H17F3N4O2/c17-16(18,19)14-12(8-22-23(14)11-4-2-1-3-5-11)15(25)21-7-10-6-20-9-13(10)24/h1-5,8,10,13,20,24H,6-7,9H2,(H,21,25). The second-order valence-corrected chi connectivity index (χ2v) is 5.85. The van der Waals surface area contributed by atoms with E-state index in [4.69, 9.17) is 0 Å². The Hall–Kier alpha value is -2.39. The van der Waals surface area contributed by atoms with Gasteiger partial charge in [-0.3, -0.25) is 4.79 Å². The van der Waals surface area contributed by atoms with Crippen LogP contribution in [0.5, 0.6) is 0 Å². The number of halogens is 3. The van der Waals surface area contributed by atoms with E-state index in [2.05, 4.69) is 15.7 Å². The summed E-state index contributed by atoms with van der Waals surface area (Å²) >= 11 is 0. The Kier molecular flexibility index (Phi) is 4.78. The van der Waals surface area contributed by atoms with Gasteiger partial charge in [-0.25, -0.2) is 4.68 Å². The van der Waals surface area contributed by atoms with Crippen molar-refractivity contribution in [3.63, 3.8) is 0 Å². The number of β-amino-alcohol motifs (C(OH)–C–C–N with tert-alkyl or cyclic N) is 1. The number of amides is 1. The number of benzene rings is 1. The minimum absolute atomic E-state index is 0.0841. The maximum absolute atomic E-state index is 13.5. The molecule has 1 aromatic carbocycles. The van der Waals surface area contributed by atoms with Gasteiger partial charge in [-0.2, -0.15) is 18.3 Å². The van der Waals surface area contributed by atoms with Crippen molar-refractivity contribution in [3.8, 4) is 5.69 Å². The zero-order chi connectivity index (χ0) is 18.0. The normalized spacial score (nSPS) is 20.6. The van der Waals surface area contributed by atoms with Gasteiger partial charge in [-0.05, 0) is 12.1 Å². The van der Waals surface area contributed by atoms with Crippen LogP contribution in [0.3, 0.4) is 0 Å². The van der Waals surface area contributed by atoms with E-state index in [1.54, 1.807) is 18.2 Å². The molecule has 3 N–H and O–H groups in total. The third-order valence-corrected chi connectivity index (χ3v) is 4.11. The van der Waals surface area contributed by atoms with Crippen molar-refractivity contribution < 1.29 is 23.1 Å². The van der Waals surface area contributed by atoms with Crippen LogP contribution < -0.4 is 10.6 Å². The number of rotatable bonds is 4. The number of hydrogen-bond donors (Lipinski definition) is 3. The second kappa shape index (κ2) is 6.85. The van der Waals surface area contributed by atoms with E-state index < -0.39 is 29.4 Å². The number of nitrogens with zero attached hydrogens (tertiary/aromatic N) is 2. The summed E-state index contributed by atoms with van der Waals surface area (Å²) in [5, 5.41) is 18.8. The monoisotopic (exact) mass is 354 g/mol. The van der Waals surface area contributed by atoms with Crippen molar-refractivity contribution >= 4 is 5.91 Å². The number of carbonyl (C=O) groups excluding carboxylic acids is 1. The third kappa shape index (κ3) is 3.67. The maximum atomic E-state index is 13.5. The first-order valence-corrected chi connectivity index (χ1v) is 7.75. The van der Waals surface area contributed by atoms with E-state index in [-0.39, 0.29) is 18.2 Å². The van der Waals surface area contributed by atoms with E-state index >= 15 is 0 Å². The molecule has 25 heavy (non-hydrogen) atoms. The Balaban J connectivity index is 1.86. The largest absolute Gasteiger partial charge is 0.434 e. The molecule has 134 valence electrons. The smallest absolute Gasteiger partial charge is 0.391 e. The summed E-state index contributed by atoms with van der Waals surface area (Å²) in [6, 6.07) is 7.81. The molecule has 3 rings (SSSR count). The molecule has 0 aliphatic carbocycles. The van der Waals surface area contributed by atoms with E-state index in [0.29, 0.717) is 17.8 Å². The highest BCUT2D eigenvalue weighted by Crippen LogP contribution is 2.33. The molecule has 2 heterocycles. The molecule has 0 saturated carbocycles. The number of carbonyl (C=O) groups is 1. The lowest BCUT2D eigenvalue weighted by Crippen LogP contribution is -2.35.